The van der Waals surface area contributed by atoms with E-state index in [1.807, 2.05) is 66.8 Å². The largest absolute Gasteiger partial charge is 0.377 e. The van der Waals surface area contributed by atoms with Gasteiger partial charge in [-0.15, -0.1) is 0 Å². The van der Waals surface area contributed by atoms with Crippen molar-refractivity contribution in [3.05, 3.63) is 54.7 Å². The zero-order chi connectivity index (χ0) is 18.1. The number of imidazole rings is 1. The average molecular weight is 349 g/mol. The molecule has 0 bridgehead atoms. The Kier molecular flexibility index (Phi) is 4.32. The normalized spacial score (nSPS) is 15.4. The van der Waals surface area contributed by atoms with Crippen molar-refractivity contribution in [3.63, 3.8) is 0 Å². The van der Waals surface area contributed by atoms with Crippen molar-refractivity contribution in [1.82, 2.24) is 19.4 Å². The van der Waals surface area contributed by atoms with Crippen LogP contribution in [0.25, 0.3) is 10.9 Å². The summed E-state index contributed by atoms with van der Waals surface area (Å²) in [6.45, 7) is 1.49. The standard InChI is InChI=1S/C20H23N5O/c1-23(2)19-13-18(22-17-6-4-3-5-16(17)19)20(26)24-10-7-15(8-11-24)25-12-9-21-14-25/h3-6,9,12-15H,7-8,10-11H2,1-2H3. The number of anilines is 1. The number of amides is 1. The number of fused-ring (bicyclic) bond motifs is 1. The van der Waals surface area contributed by atoms with E-state index in [-0.39, 0.29) is 5.91 Å². The van der Waals surface area contributed by atoms with Crippen LogP contribution in [0.15, 0.2) is 49.1 Å². The van der Waals surface area contributed by atoms with E-state index in [4.69, 9.17) is 0 Å². The number of pyridine rings is 1. The Morgan fingerprint density at radius 2 is 1.96 bits per heavy atom. The maximum atomic E-state index is 13.0. The average Bonchev–Trinajstić information content (AvgIpc) is 3.21. The van der Waals surface area contributed by atoms with Crippen LogP contribution in [0.1, 0.15) is 29.4 Å². The van der Waals surface area contributed by atoms with Gasteiger partial charge in [0, 0.05) is 56.7 Å². The molecule has 0 saturated carbocycles. The number of carbonyl (C=O) groups is 1. The minimum absolute atomic E-state index is 0.0166. The predicted molar refractivity (Wildman–Crippen MR) is 102 cm³/mol. The van der Waals surface area contributed by atoms with Crippen LogP contribution in [0.4, 0.5) is 5.69 Å². The maximum Gasteiger partial charge on any atom is 0.272 e. The van der Waals surface area contributed by atoms with Gasteiger partial charge >= 0.3 is 0 Å². The number of nitrogens with zero attached hydrogens (tertiary/aromatic N) is 5. The van der Waals surface area contributed by atoms with Crippen molar-refractivity contribution in [3.8, 4) is 0 Å². The Hall–Kier alpha value is -2.89. The van der Waals surface area contributed by atoms with Gasteiger partial charge in [-0.25, -0.2) is 9.97 Å². The Balaban J connectivity index is 1.57. The van der Waals surface area contributed by atoms with Gasteiger partial charge in [0.1, 0.15) is 5.69 Å². The first-order valence-electron chi connectivity index (χ1n) is 8.97. The monoisotopic (exact) mass is 349 g/mol. The quantitative estimate of drug-likeness (QED) is 0.729. The molecule has 0 N–H and O–H groups in total. The second-order valence-corrected chi connectivity index (χ2v) is 6.97. The van der Waals surface area contributed by atoms with E-state index in [0.717, 1.165) is 42.5 Å². The summed E-state index contributed by atoms with van der Waals surface area (Å²) in [4.78, 5) is 25.7. The third-order valence-corrected chi connectivity index (χ3v) is 5.09. The Morgan fingerprint density at radius 3 is 2.65 bits per heavy atom. The molecule has 0 unspecified atom stereocenters. The molecule has 134 valence electrons. The highest BCUT2D eigenvalue weighted by atomic mass is 16.2. The van der Waals surface area contributed by atoms with Gasteiger partial charge in [0.2, 0.25) is 0 Å². The zero-order valence-corrected chi connectivity index (χ0v) is 15.2. The summed E-state index contributed by atoms with van der Waals surface area (Å²) >= 11 is 0. The topological polar surface area (TPSA) is 54.3 Å². The van der Waals surface area contributed by atoms with Gasteiger partial charge in [-0.2, -0.15) is 0 Å². The Bertz CT molecular complexity index is 911. The van der Waals surface area contributed by atoms with Crippen LogP contribution in [0.2, 0.25) is 0 Å². The molecule has 2 aromatic heterocycles. The number of aromatic nitrogens is 3. The molecule has 6 nitrogen and oxygen atoms in total. The summed E-state index contributed by atoms with van der Waals surface area (Å²) in [5, 5.41) is 1.06. The fourth-order valence-corrected chi connectivity index (χ4v) is 3.65. The number of benzene rings is 1. The van der Waals surface area contributed by atoms with Crippen LogP contribution in [-0.4, -0.2) is 52.5 Å². The van der Waals surface area contributed by atoms with Crippen LogP contribution >= 0.6 is 0 Å². The van der Waals surface area contributed by atoms with Gasteiger partial charge in [-0.05, 0) is 25.0 Å². The van der Waals surface area contributed by atoms with Crippen LogP contribution in [-0.2, 0) is 0 Å². The van der Waals surface area contributed by atoms with Crippen molar-refractivity contribution in [1.29, 1.82) is 0 Å². The van der Waals surface area contributed by atoms with E-state index < -0.39 is 0 Å². The molecule has 0 radical (unpaired) electrons. The number of rotatable bonds is 3. The molecule has 1 fully saturated rings. The van der Waals surface area contributed by atoms with Crippen LogP contribution < -0.4 is 4.90 Å². The fraction of sp³-hybridized carbons (Fsp3) is 0.350. The van der Waals surface area contributed by atoms with Crippen LogP contribution in [0, 0.1) is 0 Å². The van der Waals surface area contributed by atoms with Crippen LogP contribution in [0.3, 0.4) is 0 Å². The summed E-state index contributed by atoms with van der Waals surface area (Å²) in [6, 6.07) is 10.3. The number of hydrogen-bond acceptors (Lipinski definition) is 4. The fourth-order valence-electron chi connectivity index (χ4n) is 3.65. The minimum atomic E-state index is 0.0166. The number of likely N-dealkylation sites (tertiary alicyclic amines) is 1. The molecule has 1 aliphatic rings. The molecule has 0 aliphatic carbocycles. The third-order valence-electron chi connectivity index (χ3n) is 5.09. The maximum absolute atomic E-state index is 13.0. The Labute approximate surface area is 153 Å². The molecule has 0 spiro atoms. The van der Waals surface area contributed by atoms with E-state index >= 15 is 0 Å². The van der Waals surface area contributed by atoms with Crippen molar-refractivity contribution in [2.24, 2.45) is 0 Å². The first kappa shape index (κ1) is 16.6. The highest BCUT2D eigenvalue weighted by Gasteiger charge is 2.25. The molecule has 1 saturated heterocycles. The van der Waals surface area contributed by atoms with Gasteiger partial charge in [0.25, 0.3) is 5.91 Å². The smallest absolute Gasteiger partial charge is 0.272 e. The second-order valence-electron chi connectivity index (χ2n) is 6.97. The van der Waals surface area contributed by atoms with E-state index in [9.17, 15) is 4.79 Å². The van der Waals surface area contributed by atoms with Crippen LogP contribution in [0.5, 0.6) is 0 Å². The second kappa shape index (κ2) is 6.78. The van der Waals surface area contributed by atoms with Gasteiger partial charge in [-0.1, -0.05) is 18.2 Å². The third kappa shape index (κ3) is 3.03. The molecule has 6 heteroatoms. The van der Waals surface area contributed by atoms with E-state index in [1.54, 1.807) is 6.20 Å². The summed E-state index contributed by atoms with van der Waals surface area (Å²) in [5.74, 6) is 0.0166. The zero-order valence-electron chi connectivity index (χ0n) is 15.2. The molecule has 1 aliphatic heterocycles. The van der Waals surface area contributed by atoms with Crippen molar-refractivity contribution in [2.45, 2.75) is 18.9 Å². The molecule has 4 rings (SSSR count). The lowest BCUT2D eigenvalue weighted by Crippen LogP contribution is -2.39. The van der Waals surface area contributed by atoms with Crippen molar-refractivity contribution >= 4 is 22.5 Å². The minimum Gasteiger partial charge on any atom is -0.377 e. The molecule has 1 aromatic carbocycles. The molecule has 26 heavy (non-hydrogen) atoms. The highest BCUT2D eigenvalue weighted by Crippen LogP contribution is 2.27. The van der Waals surface area contributed by atoms with Gasteiger partial charge in [-0.3, -0.25) is 4.79 Å². The van der Waals surface area contributed by atoms with Gasteiger partial charge in [0.05, 0.1) is 11.8 Å². The molecule has 3 heterocycles. The molecular weight excluding hydrogens is 326 g/mol. The van der Waals surface area contributed by atoms with Crippen molar-refractivity contribution in [2.75, 3.05) is 32.1 Å². The summed E-state index contributed by atoms with van der Waals surface area (Å²) in [7, 11) is 3.99. The van der Waals surface area contributed by atoms with Crippen molar-refractivity contribution < 1.29 is 4.79 Å². The van der Waals surface area contributed by atoms with E-state index in [0.29, 0.717) is 11.7 Å². The Morgan fingerprint density at radius 1 is 1.19 bits per heavy atom. The molecule has 1 amide bonds. The molecular formula is C20H23N5O. The highest BCUT2D eigenvalue weighted by molar-refractivity contribution is 6.00. The van der Waals surface area contributed by atoms with Gasteiger partial charge in [0.15, 0.2) is 0 Å². The predicted octanol–water partition coefficient (Wildman–Crippen LogP) is 2.97. The summed E-state index contributed by atoms with van der Waals surface area (Å²) in [6.07, 6.45) is 7.54. The SMILES string of the molecule is CN(C)c1cc(C(=O)N2CCC(n3ccnc3)CC2)nc2ccccc12. The van der Waals surface area contributed by atoms with E-state index in [2.05, 4.69) is 14.5 Å². The lowest BCUT2D eigenvalue weighted by atomic mass is 10.0. The number of carbonyl (C=O) groups excluding carboxylic acids is 1. The first-order chi connectivity index (χ1) is 12.6. The number of piperidine rings is 1. The first-order valence-corrected chi connectivity index (χ1v) is 8.97. The lowest BCUT2D eigenvalue weighted by molar-refractivity contribution is 0.0689. The lowest BCUT2D eigenvalue weighted by Gasteiger charge is -2.32. The van der Waals surface area contributed by atoms with E-state index in [1.165, 1.54) is 0 Å². The summed E-state index contributed by atoms with van der Waals surface area (Å²) < 4.78 is 2.14. The van der Waals surface area contributed by atoms with Gasteiger partial charge < -0.3 is 14.4 Å². The number of hydrogen-bond donors (Lipinski definition) is 0. The summed E-state index contributed by atoms with van der Waals surface area (Å²) in [5.41, 5.74) is 2.40. The number of para-hydroxylation sites is 1. The molecule has 0 atom stereocenters. The molecule has 3 aromatic rings.